The maximum atomic E-state index is 12.6. The Morgan fingerprint density at radius 1 is 0.952 bits per heavy atom. The SMILES string of the molecule is O=S(=O)(C1CCCC1)N1CCC(c2ccc(O)cc2)CC1. The zero-order chi connectivity index (χ0) is 14.9. The quantitative estimate of drug-likeness (QED) is 0.934. The van der Waals surface area contributed by atoms with Gasteiger partial charge < -0.3 is 5.11 Å². The number of rotatable bonds is 3. The highest BCUT2D eigenvalue weighted by atomic mass is 32.2. The largest absolute Gasteiger partial charge is 0.508 e. The first-order valence-electron chi connectivity index (χ1n) is 7.85. The molecule has 2 aliphatic rings. The molecule has 1 aromatic rings. The standard InChI is InChI=1S/C16H23NO3S/c18-15-7-5-13(6-8-15)14-9-11-17(12-10-14)21(19,20)16-3-1-2-4-16/h5-8,14,16,18H,1-4,9-12H2. The lowest BCUT2D eigenvalue weighted by Gasteiger charge is -2.33. The van der Waals surface area contributed by atoms with Crippen LogP contribution in [0.5, 0.6) is 5.75 Å². The van der Waals surface area contributed by atoms with Crippen molar-refractivity contribution >= 4 is 10.0 Å². The molecule has 1 aliphatic heterocycles. The number of phenols is 1. The molecule has 0 bridgehead atoms. The van der Waals surface area contributed by atoms with Crippen LogP contribution in [0.25, 0.3) is 0 Å². The van der Waals surface area contributed by atoms with Crippen LogP contribution in [0.4, 0.5) is 0 Å². The van der Waals surface area contributed by atoms with E-state index in [-0.39, 0.29) is 11.0 Å². The van der Waals surface area contributed by atoms with Gasteiger partial charge in [-0.25, -0.2) is 12.7 Å². The van der Waals surface area contributed by atoms with Crippen LogP contribution >= 0.6 is 0 Å². The zero-order valence-corrected chi connectivity index (χ0v) is 13.1. The molecule has 0 spiro atoms. The number of hydrogen-bond acceptors (Lipinski definition) is 3. The lowest BCUT2D eigenvalue weighted by molar-refractivity contribution is 0.316. The van der Waals surface area contributed by atoms with E-state index in [1.54, 1.807) is 16.4 Å². The predicted molar refractivity (Wildman–Crippen MR) is 82.8 cm³/mol. The van der Waals surface area contributed by atoms with Gasteiger partial charge in [0, 0.05) is 13.1 Å². The Kier molecular flexibility index (Phi) is 4.22. The number of nitrogens with zero attached hydrogens (tertiary/aromatic N) is 1. The van der Waals surface area contributed by atoms with Crippen LogP contribution in [0.2, 0.25) is 0 Å². The molecule has 116 valence electrons. The molecule has 0 amide bonds. The highest BCUT2D eigenvalue weighted by molar-refractivity contribution is 7.89. The maximum Gasteiger partial charge on any atom is 0.216 e. The summed E-state index contributed by atoms with van der Waals surface area (Å²) in [6.07, 6.45) is 5.51. The molecular formula is C16H23NO3S. The van der Waals surface area contributed by atoms with E-state index in [4.69, 9.17) is 0 Å². The van der Waals surface area contributed by atoms with Gasteiger partial charge in [0.25, 0.3) is 0 Å². The van der Waals surface area contributed by atoms with E-state index < -0.39 is 10.0 Å². The van der Waals surface area contributed by atoms with Crippen LogP contribution in [0.3, 0.4) is 0 Å². The smallest absolute Gasteiger partial charge is 0.216 e. The summed E-state index contributed by atoms with van der Waals surface area (Å²) >= 11 is 0. The van der Waals surface area contributed by atoms with Crippen LogP contribution in [0.15, 0.2) is 24.3 Å². The van der Waals surface area contributed by atoms with E-state index in [0.29, 0.717) is 19.0 Å². The Morgan fingerprint density at radius 2 is 1.52 bits per heavy atom. The first-order valence-corrected chi connectivity index (χ1v) is 9.35. The number of sulfonamides is 1. The molecule has 4 nitrogen and oxygen atoms in total. The number of piperidine rings is 1. The summed E-state index contributed by atoms with van der Waals surface area (Å²) in [5.74, 6) is 0.681. The highest BCUT2D eigenvalue weighted by Crippen LogP contribution is 2.33. The average Bonchev–Trinajstić information content (AvgIpc) is 3.03. The van der Waals surface area contributed by atoms with Gasteiger partial charge >= 0.3 is 0 Å². The van der Waals surface area contributed by atoms with Crippen molar-refractivity contribution < 1.29 is 13.5 Å². The summed E-state index contributed by atoms with van der Waals surface area (Å²) < 4.78 is 26.8. The Hall–Kier alpha value is -1.07. The van der Waals surface area contributed by atoms with E-state index in [1.165, 1.54) is 5.56 Å². The first kappa shape index (κ1) is 14.9. The molecule has 1 saturated heterocycles. The summed E-state index contributed by atoms with van der Waals surface area (Å²) in [4.78, 5) is 0. The molecule has 5 heteroatoms. The van der Waals surface area contributed by atoms with Crippen LogP contribution in [-0.4, -0.2) is 36.2 Å². The fraction of sp³-hybridized carbons (Fsp3) is 0.625. The van der Waals surface area contributed by atoms with Crippen molar-refractivity contribution in [2.24, 2.45) is 0 Å². The first-order chi connectivity index (χ1) is 10.1. The molecular weight excluding hydrogens is 286 g/mol. The Labute approximate surface area is 126 Å². The van der Waals surface area contributed by atoms with Crippen molar-refractivity contribution in [1.82, 2.24) is 4.31 Å². The van der Waals surface area contributed by atoms with Crippen LogP contribution in [0, 0.1) is 0 Å². The number of hydrogen-bond donors (Lipinski definition) is 1. The van der Waals surface area contributed by atoms with E-state index in [0.717, 1.165) is 38.5 Å². The summed E-state index contributed by atoms with van der Waals surface area (Å²) in [5, 5.41) is 9.20. The molecule has 3 rings (SSSR count). The lowest BCUT2D eigenvalue weighted by atomic mass is 9.90. The third-order valence-electron chi connectivity index (χ3n) is 4.90. The van der Waals surface area contributed by atoms with Gasteiger partial charge in [0.15, 0.2) is 0 Å². The molecule has 1 aromatic carbocycles. The molecule has 1 heterocycles. The summed E-state index contributed by atoms with van der Waals surface area (Å²) in [6, 6.07) is 7.30. The predicted octanol–water partition coefficient (Wildman–Crippen LogP) is 2.84. The van der Waals surface area contributed by atoms with E-state index in [2.05, 4.69) is 0 Å². The molecule has 1 saturated carbocycles. The van der Waals surface area contributed by atoms with Gasteiger partial charge in [0.05, 0.1) is 5.25 Å². The van der Waals surface area contributed by atoms with Crippen LogP contribution in [-0.2, 0) is 10.0 Å². The van der Waals surface area contributed by atoms with Gasteiger partial charge in [-0.15, -0.1) is 0 Å². The van der Waals surface area contributed by atoms with Crippen molar-refractivity contribution in [2.75, 3.05) is 13.1 Å². The normalized spacial score (nSPS) is 22.7. The molecule has 0 aromatic heterocycles. The number of phenolic OH excluding ortho intramolecular Hbond substituents is 1. The van der Waals surface area contributed by atoms with E-state index >= 15 is 0 Å². The molecule has 1 N–H and O–H groups in total. The van der Waals surface area contributed by atoms with Gasteiger partial charge in [0.1, 0.15) is 5.75 Å². The van der Waals surface area contributed by atoms with Gasteiger partial charge in [-0.3, -0.25) is 0 Å². The number of aromatic hydroxyl groups is 1. The Bertz CT molecular complexity index is 568. The van der Waals surface area contributed by atoms with Gasteiger partial charge in [-0.05, 0) is 49.3 Å². The summed E-state index contributed by atoms with van der Waals surface area (Å²) in [6.45, 7) is 1.26. The van der Waals surface area contributed by atoms with E-state index in [1.807, 2.05) is 12.1 Å². The minimum absolute atomic E-state index is 0.136. The van der Waals surface area contributed by atoms with E-state index in [9.17, 15) is 13.5 Å². The van der Waals surface area contributed by atoms with Gasteiger partial charge in [-0.2, -0.15) is 0 Å². The molecule has 0 atom stereocenters. The summed E-state index contributed by atoms with van der Waals surface area (Å²) in [7, 11) is -3.08. The Balaban J connectivity index is 1.63. The van der Waals surface area contributed by atoms with Crippen LogP contribution in [0.1, 0.15) is 50.0 Å². The second-order valence-electron chi connectivity index (χ2n) is 6.22. The summed E-state index contributed by atoms with van der Waals surface area (Å²) in [5.41, 5.74) is 1.20. The monoisotopic (exact) mass is 309 g/mol. The van der Waals surface area contributed by atoms with Gasteiger partial charge in [0.2, 0.25) is 10.0 Å². The van der Waals surface area contributed by atoms with Crippen molar-refractivity contribution in [2.45, 2.75) is 49.7 Å². The third-order valence-corrected chi connectivity index (χ3v) is 7.30. The molecule has 0 radical (unpaired) electrons. The minimum Gasteiger partial charge on any atom is -0.508 e. The van der Waals surface area contributed by atoms with Crippen molar-refractivity contribution in [3.05, 3.63) is 29.8 Å². The minimum atomic E-state index is -3.08. The lowest BCUT2D eigenvalue weighted by Crippen LogP contribution is -2.42. The van der Waals surface area contributed by atoms with Crippen molar-refractivity contribution in [3.8, 4) is 5.75 Å². The van der Waals surface area contributed by atoms with Crippen molar-refractivity contribution in [3.63, 3.8) is 0 Å². The topological polar surface area (TPSA) is 57.6 Å². The second-order valence-corrected chi connectivity index (χ2v) is 8.43. The highest BCUT2D eigenvalue weighted by Gasteiger charge is 2.36. The molecule has 21 heavy (non-hydrogen) atoms. The average molecular weight is 309 g/mol. The Morgan fingerprint density at radius 3 is 2.10 bits per heavy atom. The fourth-order valence-electron chi connectivity index (χ4n) is 3.59. The third kappa shape index (κ3) is 3.09. The second kappa shape index (κ2) is 5.97. The maximum absolute atomic E-state index is 12.6. The molecule has 0 unspecified atom stereocenters. The molecule has 2 fully saturated rings. The van der Waals surface area contributed by atoms with Gasteiger partial charge in [-0.1, -0.05) is 25.0 Å². The number of benzene rings is 1. The molecule has 1 aliphatic carbocycles. The fourth-order valence-corrected chi connectivity index (χ4v) is 5.66. The van der Waals surface area contributed by atoms with Crippen molar-refractivity contribution in [1.29, 1.82) is 0 Å². The zero-order valence-electron chi connectivity index (χ0n) is 12.2. The van der Waals surface area contributed by atoms with Crippen LogP contribution < -0.4 is 0 Å².